The van der Waals surface area contributed by atoms with Gasteiger partial charge < -0.3 is 24.6 Å². The number of azide groups is 1. The highest BCUT2D eigenvalue weighted by Crippen LogP contribution is 2.43. The molecule has 1 aliphatic rings. The largest absolute Gasteiger partial charge is 0.494 e. The third-order valence-corrected chi connectivity index (χ3v) is 7.97. The third kappa shape index (κ3) is 8.10. The average molecular weight is 634 g/mol. The first kappa shape index (κ1) is 33.1. The maximum absolute atomic E-state index is 14.6. The molecular weight excluding hydrogens is 594 g/mol. The van der Waals surface area contributed by atoms with Crippen molar-refractivity contribution in [3.63, 3.8) is 0 Å². The zero-order valence-corrected chi connectivity index (χ0v) is 26.4. The Morgan fingerprint density at radius 2 is 1.66 bits per heavy atom. The molecule has 10 heteroatoms. The lowest BCUT2D eigenvalue weighted by Gasteiger charge is -2.31. The SMILES string of the molecule is CCOc1ccccc1CCNC(=O)[C@]1(Cc2ccccc2CN=[N+]=[N-])N=C(c2ccc(OCCCO)cc2)O[C@@H]1c1ccccc1. The molecule has 0 fully saturated rings. The van der Waals surface area contributed by atoms with Gasteiger partial charge in [0.05, 0.1) is 19.8 Å². The molecule has 47 heavy (non-hydrogen) atoms. The molecule has 0 saturated carbocycles. The van der Waals surface area contributed by atoms with Crippen LogP contribution in [-0.2, 0) is 28.9 Å². The fraction of sp³-hybridized carbons (Fsp3) is 0.297. The first-order valence-electron chi connectivity index (χ1n) is 15.8. The Kier molecular flexibility index (Phi) is 11.5. The second-order valence-corrected chi connectivity index (χ2v) is 11.1. The van der Waals surface area contributed by atoms with E-state index in [4.69, 9.17) is 29.8 Å². The minimum absolute atomic E-state index is 0.0543. The fourth-order valence-electron chi connectivity index (χ4n) is 5.66. The van der Waals surface area contributed by atoms with Crippen LogP contribution < -0.4 is 14.8 Å². The monoisotopic (exact) mass is 633 g/mol. The van der Waals surface area contributed by atoms with E-state index in [0.29, 0.717) is 49.8 Å². The number of nitrogens with one attached hydrogen (secondary N) is 1. The topological polar surface area (TPSA) is 138 Å². The molecule has 1 heterocycles. The molecule has 0 aromatic heterocycles. The highest BCUT2D eigenvalue weighted by Gasteiger charge is 2.53. The van der Waals surface area contributed by atoms with Crippen LogP contribution in [0.4, 0.5) is 0 Å². The van der Waals surface area contributed by atoms with E-state index in [2.05, 4.69) is 15.3 Å². The zero-order chi connectivity index (χ0) is 32.9. The van der Waals surface area contributed by atoms with Crippen molar-refractivity contribution in [1.29, 1.82) is 0 Å². The van der Waals surface area contributed by atoms with E-state index in [0.717, 1.165) is 28.0 Å². The molecule has 0 radical (unpaired) electrons. The molecule has 0 saturated heterocycles. The van der Waals surface area contributed by atoms with Crippen molar-refractivity contribution in [2.45, 2.75) is 44.4 Å². The first-order chi connectivity index (χ1) is 23.1. The molecule has 2 N–H and O–H groups in total. The molecule has 0 unspecified atom stereocenters. The summed E-state index contributed by atoms with van der Waals surface area (Å²) >= 11 is 0. The van der Waals surface area contributed by atoms with Crippen LogP contribution in [-0.4, -0.2) is 48.8 Å². The Hall–Kier alpha value is -5.31. The van der Waals surface area contributed by atoms with Crippen LogP contribution in [0.3, 0.4) is 0 Å². The quantitative estimate of drug-likeness (QED) is 0.0627. The first-order valence-corrected chi connectivity index (χ1v) is 15.8. The van der Waals surface area contributed by atoms with Crippen molar-refractivity contribution >= 4 is 11.8 Å². The molecular formula is C37H39N5O5. The number of nitrogens with zero attached hydrogens (tertiary/aromatic N) is 4. The van der Waals surface area contributed by atoms with Gasteiger partial charge in [-0.2, -0.15) is 0 Å². The highest BCUT2D eigenvalue weighted by molar-refractivity contribution is 6.01. The lowest BCUT2D eigenvalue weighted by Crippen LogP contribution is -2.50. The molecule has 4 aromatic rings. The summed E-state index contributed by atoms with van der Waals surface area (Å²) < 4.78 is 18.1. The minimum Gasteiger partial charge on any atom is -0.494 e. The van der Waals surface area contributed by atoms with Crippen LogP contribution in [0.2, 0.25) is 0 Å². The predicted octanol–water partition coefficient (Wildman–Crippen LogP) is 6.52. The van der Waals surface area contributed by atoms with E-state index in [1.807, 2.05) is 110 Å². The number of ether oxygens (including phenoxy) is 3. The fourth-order valence-corrected chi connectivity index (χ4v) is 5.66. The second kappa shape index (κ2) is 16.3. The molecule has 4 aromatic carbocycles. The summed E-state index contributed by atoms with van der Waals surface area (Å²) in [5.74, 6) is 1.51. The van der Waals surface area contributed by atoms with Crippen LogP contribution in [0.25, 0.3) is 10.4 Å². The molecule has 1 aliphatic heterocycles. The number of carbonyl (C=O) groups excluding carboxylic acids is 1. The minimum atomic E-state index is -1.39. The van der Waals surface area contributed by atoms with Gasteiger partial charge in [-0.25, -0.2) is 4.99 Å². The molecule has 242 valence electrons. The van der Waals surface area contributed by atoms with Gasteiger partial charge in [-0.3, -0.25) is 4.79 Å². The second-order valence-electron chi connectivity index (χ2n) is 11.1. The van der Waals surface area contributed by atoms with Crippen LogP contribution in [0.1, 0.15) is 47.3 Å². The number of aliphatic hydroxyl groups is 1. The van der Waals surface area contributed by atoms with Gasteiger partial charge in [0.2, 0.25) is 5.90 Å². The lowest BCUT2D eigenvalue weighted by molar-refractivity contribution is -0.128. The lowest BCUT2D eigenvalue weighted by atomic mass is 9.81. The van der Waals surface area contributed by atoms with E-state index in [9.17, 15) is 4.79 Å². The normalized spacial score (nSPS) is 16.8. The molecule has 0 aliphatic carbocycles. The van der Waals surface area contributed by atoms with Gasteiger partial charge in [-0.15, -0.1) is 0 Å². The maximum atomic E-state index is 14.6. The zero-order valence-electron chi connectivity index (χ0n) is 26.4. The molecule has 0 spiro atoms. The van der Waals surface area contributed by atoms with E-state index in [1.54, 1.807) is 0 Å². The van der Waals surface area contributed by atoms with Crippen molar-refractivity contribution in [3.8, 4) is 11.5 Å². The van der Waals surface area contributed by atoms with Gasteiger partial charge in [-0.1, -0.05) is 77.9 Å². The number of rotatable bonds is 16. The summed E-state index contributed by atoms with van der Waals surface area (Å²) in [6.07, 6.45) is 0.558. The summed E-state index contributed by atoms with van der Waals surface area (Å²) in [7, 11) is 0. The van der Waals surface area contributed by atoms with Crippen LogP contribution >= 0.6 is 0 Å². The number of aliphatic hydroxyl groups excluding tert-OH is 1. The maximum Gasteiger partial charge on any atom is 0.252 e. The predicted molar refractivity (Wildman–Crippen MR) is 180 cm³/mol. The van der Waals surface area contributed by atoms with E-state index >= 15 is 0 Å². The highest BCUT2D eigenvalue weighted by atomic mass is 16.5. The van der Waals surface area contributed by atoms with Crippen molar-refractivity contribution in [2.24, 2.45) is 10.1 Å². The van der Waals surface area contributed by atoms with Crippen LogP contribution in [0.15, 0.2) is 113 Å². The summed E-state index contributed by atoms with van der Waals surface area (Å²) in [5, 5.41) is 16.1. The Balaban J connectivity index is 1.53. The van der Waals surface area contributed by atoms with Crippen molar-refractivity contribution < 1.29 is 24.1 Å². The number of hydrogen-bond donors (Lipinski definition) is 2. The van der Waals surface area contributed by atoms with Gasteiger partial charge in [-0.05, 0) is 71.5 Å². The summed E-state index contributed by atoms with van der Waals surface area (Å²) in [5.41, 5.74) is 11.8. The van der Waals surface area contributed by atoms with E-state index in [-0.39, 0.29) is 25.5 Å². The number of para-hydroxylation sites is 1. The van der Waals surface area contributed by atoms with Crippen molar-refractivity contribution in [1.82, 2.24) is 5.32 Å². The standard InChI is InChI=1S/C37H39N5O5/c1-2-45-33-16-9-8-11-27(33)21-22-39-36(44)37(25-30-14-6-7-15-31(30)26-40-42-38)34(28-12-4-3-5-13-28)47-35(41-37)29-17-19-32(20-18-29)46-24-10-23-43/h3-9,11-20,34,43H,2,10,21-26H2,1H3,(H,39,44)/t34-,37-/m1/s1. The Labute approximate surface area is 274 Å². The average Bonchev–Trinajstić information content (AvgIpc) is 3.50. The Morgan fingerprint density at radius 1 is 0.957 bits per heavy atom. The van der Waals surface area contributed by atoms with Crippen molar-refractivity contribution in [2.75, 3.05) is 26.4 Å². The van der Waals surface area contributed by atoms with Gasteiger partial charge in [0, 0.05) is 36.5 Å². The van der Waals surface area contributed by atoms with Gasteiger partial charge in [0.15, 0.2) is 11.6 Å². The molecule has 0 bridgehead atoms. The van der Waals surface area contributed by atoms with Crippen molar-refractivity contribution in [3.05, 3.63) is 141 Å². The van der Waals surface area contributed by atoms with Crippen LogP contribution in [0.5, 0.6) is 11.5 Å². The third-order valence-electron chi connectivity index (χ3n) is 7.97. The number of aliphatic imine (C=N–C) groups is 1. The van der Waals surface area contributed by atoms with Gasteiger partial charge in [0.25, 0.3) is 5.91 Å². The summed E-state index contributed by atoms with van der Waals surface area (Å²) in [4.78, 5) is 22.7. The molecule has 2 atom stereocenters. The number of benzene rings is 4. The molecule has 10 nitrogen and oxygen atoms in total. The van der Waals surface area contributed by atoms with Gasteiger partial charge >= 0.3 is 0 Å². The van der Waals surface area contributed by atoms with Gasteiger partial charge in [0.1, 0.15) is 11.5 Å². The molecule has 5 rings (SSSR count). The number of hydrogen-bond acceptors (Lipinski definition) is 7. The summed E-state index contributed by atoms with van der Waals surface area (Å²) in [6, 6.07) is 32.4. The number of carbonyl (C=O) groups is 1. The summed E-state index contributed by atoms with van der Waals surface area (Å²) in [6.45, 7) is 3.45. The van der Waals surface area contributed by atoms with E-state index in [1.165, 1.54) is 0 Å². The Morgan fingerprint density at radius 3 is 2.38 bits per heavy atom. The number of amides is 1. The Bertz CT molecular complexity index is 1710. The van der Waals surface area contributed by atoms with E-state index < -0.39 is 11.6 Å². The van der Waals surface area contributed by atoms with Crippen LogP contribution in [0, 0.1) is 0 Å². The smallest absolute Gasteiger partial charge is 0.252 e. The molecule has 1 amide bonds.